The maximum Gasteiger partial charge on any atom is 0.280 e. The van der Waals surface area contributed by atoms with Gasteiger partial charge in [0.2, 0.25) is 0 Å². The molecule has 3 aromatic rings. The number of benzene rings is 1. The van der Waals surface area contributed by atoms with Crippen LogP contribution in [0.2, 0.25) is 0 Å². The molecule has 1 N–H and O–H groups in total. The van der Waals surface area contributed by atoms with Crippen LogP contribution in [0.25, 0.3) is 5.57 Å². The van der Waals surface area contributed by atoms with Crippen LogP contribution >= 0.6 is 0 Å². The van der Waals surface area contributed by atoms with Gasteiger partial charge in [0.15, 0.2) is 17.5 Å². The van der Waals surface area contributed by atoms with Crippen molar-refractivity contribution in [3.05, 3.63) is 136 Å². The van der Waals surface area contributed by atoms with Gasteiger partial charge in [-0.2, -0.15) is 0 Å². The minimum absolute atomic E-state index is 0.0323. The number of hydrogen-bond acceptors (Lipinski definition) is 6. The van der Waals surface area contributed by atoms with Crippen molar-refractivity contribution in [1.82, 2.24) is 19.2 Å². The molecule has 0 spiro atoms. The summed E-state index contributed by atoms with van der Waals surface area (Å²) in [5.74, 6) is -1.45. The molecule has 2 aromatic heterocycles. The monoisotopic (exact) mass is 693 g/mol. The first kappa shape index (κ1) is 33.8. The van der Waals surface area contributed by atoms with Crippen molar-refractivity contribution in [2.45, 2.75) is 55.8 Å². The van der Waals surface area contributed by atoms with Gasteiger partial charge in [-0.15, -0.1) is 0 Å². The molecule has 2 aliphatic heterocycles. The first-order chi connectivity index (χ1) is 23.2. The van der Waals surface area contributed by atoms with Gasteiger partial charge in [0.1, 0.15) is 11.3 Å². The van der Waals surface area contributed by atoms with Crippen molar-refractivity contribution in [3.63, 3.8) is 0 Å². The molecule has 0 bridgehead atoms. The highest BCUT2D eigenvalue weighted by Crippen LogP contribution is 2.48. The van der Waals surface area contributed by atoms with Crippen LogP contribution in [0.5, 0.6) is 0 Å². The molecule has 254 valence electrons. The lowest BCUT2D eigenvalue weighted by molar-refractivity contribution is 0.0948. The molecule has 0 radical (unpaired) electrons. The predicted octanol–water partition coefficient (Wildman–Crippen LogP) is 5.69. The Balaban J connectivity index is 1.28. The molecule has 9 nitrogen and oxygen atoms in total. The summed E-state index contributed by atoms with van der Waals surface area (Å²) in [6.07, 6.45) is 6.30. The smallest absolute Gasteiger partial charge is 0.280 e. The number of aliphatic imine (C=N–C) groups is 1. The summed E-state index contributed by atoms with van der Waals surface area (Å²) in [6.45, 7) is 2.28. The number of fused-ring (bicyclic) bond motifs is 1. The molecular weight excluding hydrogens is 662 g/mol. The number of carbonyl (C=O) groups is 1. The summed E-state index contributed by atoms with van der Waals surface area (Å²) in [6, 6.07) is 13.2. The van der Waals surface area contributed by atoms with E-state index in [1.54, 1.807) is 37.3 Å². The van der Waals surface area contributed by atoms with Gasteiger partial charge in [0, 0.05) is 24.5 Å². The van der Waals surface area contributed by atoms with E-state index in [-0.39, 0.29) is 34.8 Å². The van der Waals surface area contributed by atoms with Crippen LogP contribution in [-0.4, -0.2) is 51.9 Å². The third-order valence-electron chi connectivity index (χ3n) is 8.68. The number of hydrogen-bond donors (Lipinski definition) is 1. The molecule has 1 amide bonds. The SMILES string of the molecule is CC1(F)C=CC(Cn2cccc(C(=O)NCc3cc(C4=CN(S(=O)(=O)c5ccccc5)C5(C)N=CC=CC45)cc(C(F)F)n3)c2=O)=CC1F. The molecular formula is C35H31F4N5O4S. The molecule has 3 aliphatic rings. The standard InChI is InChI=1S/C35H31F4N5O4S/c1-34(39)13-12-22(16-30(34)36)20-43-15-7-10-26(33(43)46)32(45)40-19-24-17-23(18-29(42-24)31(37)38)27-21-44(35(2)28(27)11-6-14-41-35)49(47,48)25-8-4-3-5-9-25/h3-18,21,28,30-31H,19-20H2,1-2H3,(H,40,45). The van der Waals surface area contributed by atoms with Crippen molar-refractivity contribution in [2.24, 2.45) is 10.9 Å². The van der Waals surface area contributed by atoms with Gasteiger partial charge < -0.3 is 9.88 Å². The minimum atomic E-state index is -4.11. The van der Waals surface area contributed by atoms with Crippen LogP contribution in [-0.2, 0) is 23.1 Å². The zero-order valence-corrected chi connectivity index (χ0v) is 27.1. The van der Waals surface area contributed by atoms with E-state index in [0.717, 1.165) is 23.4 Å². The van der Waals surface area contributed by atoms with Crippen molar-refractivity contribution >= 4 is 27.7 Å². The fourth-order valence-electron chi connectivity index (χ4n) is 5.97. The Bertz CT molecular complexity index is 2130. The normalized spacial score (nSPS) is 24.5. The number of alkyl halides is 4. The first-order valence-corrected chi connectivity index (χ1v) is 16.7. The molecule has 49 heavy (non-hydrogen) atoms. The lowest BCUT2D eigenvalue weighted by Crippen LogP contribution is -2.46. The summed E-state index contributed by atoms with van der Waals surface area (Å²) in [7, 11) is -4.11. The van der Waals surface area contributed by atoms with E-state index in [1.165, 1.54) is 65.7 Å². The predicted molar refractivity (Wildman–Crippen MR) is 176 cm³/mol. The van der Waals surface area contributed by atoms with E-state index in [2.05, 4.69) is 15.3 Å². The molecule has 0 saturated carbocycles. The van der Waals surface area contributed by atoms with Crippen LogP contribution in [0.1, 0.15) is 47.6 Å². The summed E-state index contributed by atoms with van der Waals surface area (Å²) in [5.41, 5.74) is -4.02. The Labute approximate surface area is 279 Å². The van der Waals surface area contributed by atoms with Gasteiger partial charge in [0.05, 0.1) is 23.7 Å². The van der Waals surface area contributed by atoms with Crippen LogP contribution in [0.15, 0.2) is 118 Å². The van der Waals surface area contributed by atoms with Gasteiger partial charge >= 0.3 is 0 Å². The summed E-state index contributed by atoms with van der Waals surface area (Å²) in [5, 5.41) is 2.55. The number of amides is 1. The highest BCUT2D eigenvalue weighted by Gasteiger charge is 2.50. The van der Waals surface area contributed by atoms with Crippen LogP contribution in [0.3, 0.4) is 0 Å². The van der Waals surface area contributed by atoms with Crippen LogP contribution in [0, 0.1) is 5.92 Å². The van der Waals surface area contributed by atoms with E-state index < -0.39 is 57.0 Å². The number of pyridine rings is 2. The second-order valence-electron chi connectivity index (χ2n) is 12.2. The molecule has 1 aliphatic carbocycles. The summed E-state index contributed by atoms with van der Waals surface area (Å²) >= 11 is 0. The van der Waals surface area contributed by atoms with Gasteiger partial charge in [0.25, 0.3) is 27.9 Å². The maximum atomic E-state index is 14.2. The van der Waals surface area contributed by atoms with Gasteiger partial charge in [-0.25, -0.2) is 35.3 Å². The second-order valence-corrected chi connectivity index (χ2v) is 14.0. The number of carbonyl (C=O) groups excluding carboxylic acids is 1. The lowest BCUT2D eigenvalue weighted by Gasteiger charge is -2.37. The third kappa shape index (κ3) is 6.40. The average molecular weight is 694 g/mol. The Morgan fingerprint density at radius 1 is 1.10 bits per heavy atom. The van der Waals surface area contributed by atoms with E-state index in [0.29, 0.717) is 11.1 Å². The average Bonchev–Trinajstić information content (AvgIpc) is 3.40. The van der Waals surface area contributed by atoms with Gasteiger partial charge in [-0.3, -0.25) is 14.6 Å². The minimum Gasteiger partial charge on any atom is -0.346 e. The van der Waals surface area contributed by atoms with Gasteiger partial charge in [-0.1, -0.05) is 30.4 Å². The molecule has 6 rings (SSSR count). The van der Waals surface area contributed by atoms with Crippen molar-refractivity contribution in [2.75, 3.05) is 0 Å². The van der Waals surface area contributed by atoms with Gasteiger partial charge in [-0.05, 0) is 85.2 Å². The molecule has 0 saturated heterocycles. The number of halogens is 4. The zero-order valence-electron chi connectivity index (χ0n) is 26.3. The summed E-state index contributed by atoms with van der Waals surface area (Å²) in [4.78, 5) is 34.8. The number of allylic oxidation sites excluding steroid dienone is 5. The maximum absolute atomic E-state index is 14.2. The Morgan fingerprint density at radius 3 is 2.57 bits per heavy atom. The van der Waals surface area contributed by atoms with Crippen molar-refractivity contribution in [3.8, 4) is 0 Å². The van der Waals surface area contributed by atoms with E-state index in [9.17, 15) is 35.6 Å². The van der Waals surface area contributed by atoms with E-state index in [4.69, 9.17) is 0 Å². The Kier molecular flexibility index (Phi) is 8.78. The third-order valence-corrected chi connectivity index (χ3v) is 10.5. The largest absolute Gasteiger partial charge is 0.346 e. The zero-order chi connectivity index (χ0) is 35.1. The summed E-state index contributed by atoms with van der Waals surface area (Å²) < 4.78 is 86.4. The highest BCUT2D eigenvalue weighted by molar-refractivity contribution is 7.89. The Morgan fingerprint density at radius 2 is 1.86 bits per heavy atom. The Hall–Kier alpha value is -5.11. The van der Waals surface area contributed by atoms with Crippen molar-refractivity contribution < 1.29 is 30.8 Å². The molecule has 4 heterocycles. The lowest BCUT2D eigenvalue weighted by atomic mass is 9.85. The fraction of sp³-hybridized carbons (Fsp3) is 0.257. The van der Waals surface area contributed by atoms with Crippen molar-refractivity contribution in [1.29, 1.82) is 0 Å². The van der Waals surface area contributed by atoms with E-state index in [1.807, 2.05) is 0 Å². The molecule has 4 atom stereocenters. The number of rotatable bonds is 9. The number of dihydropyridines is 1. The molecule has 14 heteroatoms. The number of nitrogens with one attached hydrogen (secondary N) is 1. The quantitative estimate of drug-likeness (QED) is 0.290. The van der Waals surface area contributed by atoms with E-state index >= 15 is 0 Å². The van der Waals surface area contributed by atoms with Crippen LogP contribution < -0.4 is 10.9 Å². The first-order valence-electron chi connectivity index (χ1n) is 15.2. The highest BCUT2D eigenvalue weighted by atomic mass is 32.2. The topological polar surface area (TPSA) is 114 Å². The molecule has 0 fully saturated rings. The molecule has 4 unspecified atom stereocenters. The fourth-order valence-corrected chi connectivity index (χ4v) is 7.60. The molecule has 1 aromatic carbocycles. The number of nitrogens with zero attached hydrogens (tertiary/aromatic N) is 4. The number of sulfonamides is 1. The second kappa shape index (κ2) is 12.7. The van der Waals surface area contributed by atoms with Crippen LogP contribution in [0.4, 0.5) is 17.6 Å². The number of aromatic nitrogens is 2.